The number of benzene rings is 3. The van der Waals surface area contributed by atoms with Crippen molar-refractivity contribution in [2.24, 2.45) is 0 Å². The standard InChI is InChI=1S/C30H36BrN3O4S2/c1-5-6-19-32-30(36)23(3)33(20-24-9-11-25(31)12-10-24)29(35)21-34(26-13-7-22(2)8-14-26)40(37,38)28-17-15-27(39-4)16-18-28/h7-18,23H,5-6,19-21H2,1-4H3,(H,32,36). The van der Waals surface area contributed by atoms with Crippen LogP contribution in [0.5, 0.6) is 0 Å². The van der Waals surface area contributed by atoms with Crippen LogP contribution in [0.1, 0.15) is 37.8 Å². The molecule has 2 amide bonds. The number of hydrogen-bond donors (Lipinski definition) is 1. The van der Waals surface area contributed by atoms with Gasteiger partial charge >= 0.3 is 0 Å². The number of carbonyl (C=O) groups is 2. The molecule has 3 aromatic rings. The first-order chi connectivity index (χ1) is 19.1. The van der Waals surface area contributed by atoms with E-state index in [0.717, 1.165) is 37.6 Å². The van der Waals surface area contributed by atoms with Gasteiger partial charge in [0, 0.05) is 22.5 Å². The number of amides is 2. The molecule has 7 nitrogen and oxygen atoms in total. The summed E-state index contributed by atoms with van der Waals surface area (Å²) in [6.07, 6.45) is 3.67. The number of sulfonamides is 1. The Morgan fingerprint density at radius 2 is 1.60 bits per heavy atom. The number of nitrogens with zero attached hydrogens (tertiary/aromatic N) is 2. The van der Waals surface area contributed by atoms with Gasteiger partial charge in [-0.15, -0.1) is 11.8 Å². The van der Waals surface area contributed by atoms with Gasteiger partial charge in [0.25, 0.3) is 10.0 Å². The number of nitrogens with one attached hydrogen (secondary N) is 1. The normalized spacial score (nSPS) is 12.0. The van der Waals surface area contributed by atoms with E-state index in [0.29, 0.717) is 12.2 Å². The van der Waals surface area contributed by atoms with Crippen molar-refractivity contribution in [1.29, 1.82) is 0 Å². The Morgan fingerprint density at radius 3 is 2.17 bits per heavy atom. The summed E-state index contributed by atoms with van der Waals surface area (Å²) in [6.45, 7) is 5.82. The molecule has 10 heteroatoms. The monoisotopic (exact) mass is 645 g/mol. The van der Waals surface area contributed by atoms with Crippen LogP contribution in [-0.4, -0.2) is 50.5 Å². The van der Waals surface area contributed by atoms with Gasteiger partial charge in [-0.05, 0) is 80.6 Å². The number of unbranched alkanes of at least 4 members (excludes halogenated alkanes) is 1. The number of hydrogen-bond acceptors (Lipinski definition) is 5. The highest BCUT2D eigenvalue weighted by molar-refractivity contribution is 9.10. The highest BCUT2D eigenvalue weighted by Gasteiger charge is 2.32. The van der Waals surface area contributed by atoms with E-state index < -0.39 is 28.5 Å². The lowest BCUT2D eigenvalue weighted by Gasteiger charge is -2.32. The molecule has 0 aliphatic carbocycles. The van der Waals surface area contributed by atoms with Crippen molar-refractivity contribution in [3.05, 3.63) is 88.4 Å². The second kappa shape index (κ2) is 14.7. The molecule has 0 aromatic heterocycles. The third-order valence-corrected chi connectivity index (χ3v) is 9.57. The van der Waals surface area contributed by atoms with Gasteiger partial charge in [-0.1, -0.05) is 59.1 Å². The molecule has 1 unspecified atom stereocenters. The average molecular weight is 647 g/mol. The lowest BCUT2D eigenvalue weighted by molar-refractivity contribution is -0.139. The molecule has 1 atom stereocenters. The molecule has 0 spiro atoms. The van der Waals surface area contributed by atoms with Crippen molar-refractivity contribution in [3.63, 3.8) is 0 Å². The second-order valence-corrected chi connectivity index (χ2v) is 13.1. The lowest BCUT2D eigenvalue weighted by atomic mass is 10.1. The summed E-state index contributed by atoms with van der Waals surface area (Å²) in [5.74, 6) is -0.762. The third kappa shape index (κ3) is 8.34. The summed E-state index contributed by atoms with van der Waals surface area (Å²) in [6, 6.07) is 20.3. The molecule has 3 aromatic carbocycles. The first-order valence-electron chi connectivity index (χ1n) is 13.1. The maximum absolute atomic E-state index is 13.9. The molecule has 0 fully saturated rings. The summed E-state index contributed by atoms with van der Waals surface area (Å²) in [5.41, 5.74) is 2.16. The van der Waals surface area contributed by atoms with Crippen molar-refractivity contribution < 1.29 is 18.0 Å². The SMILES string of the molecule is CCCCNC(=O)C(C)N(Cc1ccc(Br)cc1)C(=O)CN(c1ccc(C)cc1)S(=O)(=O)c1ccc(SC)cc1. The Hall–Kier alpha value is -2.82. The molecule has 0 saturated carbocycles. The Labute approximate surface area is 250 Å². The van der Waals surface area contributed by atoms with Crippen molar-refractivity contribution >= 4 is 55.2 Å². The van der Waals surface area contributed by atoms with E-state index in [-0.39, 0.29) is 17.3 Å². The van der Waals surface area contributed by atoms with Crippen LogP contribution in [0.4, 0.5) is 5.69 Å². The number of aryl methyl sites for hydroxylation is 1. The van der Waals surface area contributed by atoms with E-state index in [1.54, 1.807) is 43.3 Å². The quantitative estimate of drug-likeness (QED) is 0.182. The molecule has 0 radical (unpaired) electrons. The Morgan fingerprint density at radius 1 is 0.975 bits per heavy atom. The van der Waals surface area contributed by atoms with Crippen LogP contribution < -0.4 is 9.62 Å². The highest BCUT2D eigenvalue weighted by Crippen LogP contribution is 2.26. The summed E-state index contributed by atoms with van der Waals surface area (Å²) in [4.78, 5) is 29.4. The Balaban J connectivity index is 1.99. The lowest BCUT2D eigenvalue weighted by Crippen LogP contribution is -2.51. The number of halogens is 1. The summed E-state index contributed by atoms with van der Waals surface area (Å²) >= 11 is 4.94. The van der Waals surface area contributed by atoms with Crippen LogP contribution in [0.2, 0.25) is 0 Å². The van der Waals surface area contributed by atoms with Gasteiger partial charge in [-0.2, -0.15) is 0 Å². The molecule has 214 valence electrons. The minimum atomic E-state index is -4.09. The van der Waals surface area contributed by atoms with Crippen molar-refractivity contribution in [2.45, 2.75) is 56.0 Å². The fraction of sp³-hybridized carbons (Fsp3) is 0.333. The molecule has 0 saturated heterocycles. The molecule has 0 aliphatic heterocycles. The largest absolute Gasteiger partial charge is 0.354 e. The predicted molar refractivity (Wildman–Crippen MR) is 166 cm³/mol. The molecule has 40 heavy (non-hydrogen) atoms. The van der Waals surface area contributed by atoms with Gasteiger partial charge < -0.3 is 10.2 Å². The summed E-state index contributed by atoms with van der Waals surface area (Å²) in [5, 5.41) is 2.90. The first-order valence-corrected chi connectivity index (χ1v) is 16.6. The zero-order chi connectivity index (χ0) is 29.3. The van der Waals surface area contributed by atoms with E-state index in [2.05, 4.69) is 21.2 Å². The van der Waals surface area contributed by atoms with Gasteiger partial charge in [0.1, 0.15) is 12.6 Å². The number of rotatable bonds is 13. The Kier molecular flexibility index (Phi) is 11.7. The van der Waals surface area contributed by atoms with Gasteiger partial charge in [-0.25, -0.2) is 8.42 Å². The second-order valence-electron chi connectivity index (χ2n) is 9.49. The fourth-order valence-corrected chi connectivity index (χ4v) is 6.11. The minimum Gasteiger partial charge on any atom is -0.354 e. The summed E-state index contributed by atoms with van der Waals surface area (Å²) in [7, 11) is -4.09. The van der Waals surface area contributed by atoms with Crippen molar-refractivity contribution in [3.8, 4) is 0 Å². The zero-order valence-electron chi connectivity index (χ0n) is 23.3. The maximum atomic E-state index is 13.9. The molecular weight excluding hydrogens is 610 g/mol. The van der Waals surface area contributed by atoms with E-state index in [9.17, 15) is 18.0 Å². The van der Waals surface area contributed by atoms with Crippen LogP contribution in [0.15, 0.2) is 87.1 Å². The molecular formula is C30H36BrN3O4S2. The van der Waals surface area contributed by atoms with Gasteiger partial charge in [0.05, 0.1) is 10.6 Å². The van der Waals surface area contributed by atoms with Crippen LogP contribution in [0.3, 0.4) is 0 Å². The van der Waals surface area contributed by atoms with E-state index in [1.807, 2.05) is 56.5 Å². The molecule has 0 bridgehead atoms. The average Bonchev–Trinajstić information content (AvgIpc) is 2.95. The number of carbonyl (C=O) groups excluding carboxylic acids is 2. The molecule has 1 N–H and O–H groups in total. The third-order valence-electron chi connectivity index (χ3n) is 6.51. The van der Waals surface area contributed by atoms with Crippen LogP contribution >= 0.6 is 27.7 Å². The van der Waals surface area contributed by atoms with Gasteiger partial charge in [-0.3, -0.25) is 13.9 Å². The van der Waals surface area contributed by atoms with Crippen molar-refractivity contribution in [1.82, 2.24) is 10.2 Å². The highest BCUT2D eigenvalue weighted by atomic mass is 79.9. The molecule has 3 rings (SSSR count). The van der Waals surface area contributed by atoms with Gasteiger partial charge in [0.15, 0.2) is 0 Å². The fourth-order valence-electron chi connectivity index (χ4n) is 4.02. The molecule has 0 aliphatic rings. The van der Waals surface area contributed by atoms with Gasteiger partial charge in [0.2, 0.25) is 11.8 Å². The number of thioether (sulfide) groups is 1. The van der Waals surface area contributed by atoms with E-state index in [1.165, 1.54) is 16.7 Å². The van der Waals surface area contributed by atoms with Crippen molar-refractivity contribution in [2.75, 3.05) is 23.7 Å². The summed E-state index contributed by atoms with van der Waals surface area (Å²) < 4.78 is 29.8. The van der Waals surface area contributed by atoms with Crippen LogP contribution in [0.25, 0.3) is 0 Å². The topological polar surface area (TPSA) is 86.8 Å². The van der Waals surface area contributed by atoms with E-state index in [4.69, 9.17) is 0 Å². The predicted octanol–water partition coefficient (Wildman–Crippen LogP) is 6.01. The maximum Gasteiger partial charge on any atom is 0.264 e. The number of anilines is 1. The molecule has 0 heterocycles. The first kappa shape index (κ1) is 31.7. The smallest absolute Gasteiger partial charge is 0.264 e. The Bertz CT molecular complexity index is 1380. The van der Waals surface area contributed by atoms with Crippen LogP contribution in [-0.2, 0) is 26.2 Å². The van der Waals surface area contributed by atoms with E-state index >= 15 is 0 Å². The van der Waals surface area contributed by atoms with Crippen LogP contribution in [0, 0.1) is 6.92 Å². The zero-order valence-corrected chi connectivity index (χ0v) is 26.5. The minimum absolute atomic E-state index is 0.0866.